The van der Waals surface area contributed by atoms with Gasteiger partial charge in [-0.1, -0.05) is 32.0 Å². The lowest BCUT2D eigenvalue weighted by atomic mass is 9.97. The number of hydrogen-bond acceptors (Lipinski definition) is 6. The van der Waals surface area contributed by atoms with Crippen molar-refractivity contribution in [1.82, 2.24) is 0 Å². The predicted octanol–water partition coefficient (Wildman–Crippen LogP) is 4.30. The Hall–Kier alpha value is -3.42. The Bertz CT molecular complexity index is 912. The molecule has 0 aliphatic heterocycles. The van der Waals surface area contributed by atoms with Crippen LogP contribution in [0, 0.1) is 10.1 Å². The molecule has 29 heavy (non-hydrogen) atoms. The van der Waals surface area contributed by atoms with Crippen molar-refractivity contribution in [2.45, 2.75) is 39.2 Å². The number of methoxy groups -OCH3 is 1. The van der Waals surface area contributed by atoms with Gasteiger partial charge in [-0.05, 0) is 37.0 Å². The topological polar surface area (TPSA) is 108 Å². The van der Waals surface area contributed by atoms with Crippen molar-refractivity contribution in [1.29, 1.82) is 0 Å². The minimum absolute atomic E-state index is 0.121. The van der Waals surface area contributed by atoms with Crippen LogP contribution in [0.3, 0.4) is 0 Å². The first-order chi connectivity index (χ1) is 13.8. The van der Waals surface area contributed by atoms with E-state index >= 15 is 0 Å². The van der Waals surface area contributed by atoms with Crippen molar-refractivity contribution in [2.75, 3.05) is 12.4 Å². The van der Waals surface area contributed by atoms with Gasteiger partial charge >= 0.3 is 5.97 Å². The normalized spacial score (nSPS) is 12.6. The van der Waals surface area contributed by atoms with Gasteiger partial charge in [0.05, 0.1) is 12.0 Å². The number of nitrogens with one attached hydrogen (secondary N) is 1. The first kappa shape index (κ1) is 21.9. The average molecular weight is 400 g/mol. The van der Waals surface area contributed by atoms with Gasteiger partial charge in [0, 0.05) is 17.8 Å². The predicted molar refractivity (Wildman–Crippen MR) is 108 cm³/mol. The number of nitrogens with zero attached hydrogens (tertiary/aromatic N) is 1. The molecular formula is C21H24N2O6. The summed E-state index contributed by atoms with van der Waals surface area (Å²) in [6.07, 6.45) is -0.208. The molecule has 2 aromatic carbocycles. The van der Waals surface area contributed by atoms with Gasteiger partial charge in [0.1, 0.15) is 11.3 Å². The summed E-state index contributed by atoms with van der Waals surface area (Å²) in [5, 5.41) is 13.8. The maximum atomic E-state index is 12.5. The maximum absolute atomic E-state index is 12.5. The van der Waals surface area contributed by atoms with Gasteiger partial charge < -0.3 is 14.8 Å². The monoisotopic (exact) mass is 400 g/mol. The van der Waals surface area contributed by atoms with E-state index in [1.54, 1.807) is 6.07 Å². The highest BCUT2D eigenvalue weighted by atomic mass is 16.6. The third-order valence-electron chi connectivity index (χ3n) is 4.63. The van der Waals surface area contributed by atoms with Crippen LogP contribution in [-0.2, 0) is 9.53 Å². The Morgan fingerprint density at radius 2 is 1.86 bits per heavy atom. The molecule has 0 fully saturated rings. The fourth-order valence-electron chi connectivity index (χ4n) is 2.74. The van der Waals surface area contributed by atoms with Crippen LogP contribution in [0.25, 0.3) is 0 Å². The maximum Gasteiger partial charge on any atom is 0.342 e. The Balaban J connectivity index is 2.15. The van der Waals surface area contributed by atoms with E-state index < -0.39 is 22.9 Å². The van der Waals surface area contributed by atoms with Crippen molar-refractivity contribution >= 4 is 23.3 Å². The van der Waals surface area contributed by atoms with Gasteiger partial charge in [0.15, 0.2) is 6.10 Å². The second-order valence-corrected chi connectivity index (χ2v) is 6.58. The zero-order valence-corrected chi connectivity index (χ0v) is 16.8. The summed E-state index contributed by atoms with van der Waals surface area (Å²) in [6.45, 7) is 5.55. The van der Waals surface area contributed by atoms with Gasteiger partial charge in [0.25, 0.3) is 11.6 Å². The highest BCUT2D eigenvalue weighted by molar-refractivity contribution is 5.99. The number of esters is 1. The molecule has 2 rings (SSSR count). The van der Waals surface area contributed by atoms with Crippen molar-refractivity contribution < 1.29 is 24.0 Å². The molecule has 0 bridgehead atoms. The number of non-ortho nitro benzene ring substituents is 1. The molecule has 0 heterocycles. The number of benzene rings is 2. The largest absolute Gasteiger partial charge is 0.496 e. The molecule has 0 saturated heterocycles. The second kappa shape index (κ2) is 9.68. The summed E-state index contributed by atoms with van der Waals surface area (Å²) in [4.78, 5) is 35.4. The summed E-state index contributed by atoms with van der Waals surface area (Å²) >= 11 is 0. The van der Waals surface area contributed by atoms with Crippen molar-refractivity contribution in [3.05, 3.63) is 63.7 Å². The van der Waals surface area contributed by atoms with Crippen LogP contribution >= 0.6 is 0 Å². The van der Waals surface area contributed by atoms with E-state index in [0.29, 0.717) is 5.69 Å². The summed E-state index contributed by atoms with van der Waals surface area (Å²) in [6, 6.07) is 11.0. The Labute approximate surface area is 169 Å². The van der Waals surface area contributed by atoms with Crippen LogP contribution in [-0.4, -0.2) is 30.0 Å². The smallest absolute Gasteiger partial charge is 0.342 e. The molecule has 1 amide bonds. The zero-order chi connectivity index (χ0) is 21.6. The lowest BCUT2D eigenvalue weighted by Crippen LogP contribution is -2.30. The van der Waals surface area contributed by atoms with Crippen LogP contribution in [0.15, 0.2) is 42.5 Å². The van der Waals surface area contributed by atoms with Gasteiger partial charge in [0.2, 0.25) is 0 Å². The fraction of sp³-hybridized carbons (Fsp3) is 0.333. The number of para-hydroxylation sites is 1. The quantitative estimate of drug-likeness (QED) is 0.402. The van der Waals surface area contributed by atoms with E-state index in [2.05, 4.69) is 19.2 Å². The van der Waals surface area contributed by atoms with Gasteiger partial charge in [-0.15, -0.1) is 0 Å². The first-order valence-electron chi connectivity index (χ1n) is 9.21. The van der Waals surface area contributed by atoms with E-state index in [9.17, 15) is 19.7 Å². The number of rotatable bonds is 8. The molecule has 2 aromatic rings. The molecule has 0 aromatic heterocycles. The third kappa shape index (κ3) is 5.31. The van der Waals surface area contributed by atoms with E-state index in [1.165, 1.54) is 26.2 Å². The lowest BCUT2D eigenvalue weighted by molar-refractivity contribution is -0.384. The number of anilines is 1. The molecule has 1 N–H and O–H groups in total. The molecule has 0 spiro atoms. The standard InChI is InChI=1S/C21H24N2O6/c1-5-13(2)16-8-6-7-9-18(16)22-20(24)14(3)29-21(25)17-12-15(23(26)27)10-11-19(17)28-4/h6-14H,5H2,1-4H3,(H,22,24)/t13-,14-/m1/s1. The molecule has 8 heteroatoms. The minimum atomic E-state index is -1.11. The van der Waals surface area contributed by atoms with E-state index in [-0.39, 0.29) is 22.9 Å². The summed E-state index contributed by atoms with van der Waals surface area (Å²) in [5.74, 6) is -1.02. The highest BCUT2D eigenvalue weighted by Crippen LogP contribution is 2.27. The molecule has 0 radical (unpaired) electrons. The summed E-state index contributed by atoms with van der Waals surface area (Å²) < 4.78 is 10.3. The van der Waals surface area contributed by atoms with Crippen LogP contribution in [0.5, 0.6) is 5.75 Å². The number of carbonyl (C=O) groups is 2. The number of nitro benzene ring substituents is 1. The number of nitro groups is 1. The van der Waals surface area contributed by atoms with Crippen LogP contribution in [0.1, 0.15) is 49.0 Å². The molecule has 8 nitrogen and oxygen atoms in total. The number of hydrogen-bond donors (Lipinski definition) is 1. The van der Waals surface area contributed by atoms with Crippen LogP contribution in [0.4, 0.5) is 11.4 Å². The Morgan fingerprint density at radius 1 is 1.17 bits per heavy atom. The lowest BCUT2D eigenvalue weighted by Gasteiger charge is -2.18. The Morgan fingerprint density at radius 3 is 2.48 bits per heavy atom. The molecule has 2 atom stereocenters. The van der Waals surface area contributed by atoms with Gasteiger partial charge in [-0.25, -0.2) is 4.79 Å². The molecule has 0 saturated carbocycles. The highest BCUT2D eigenvalue weighted by Gasteiger charge is 2.24. The Kier molecular flexibility index (Phi) is 7.30. The van der Waals surface area contributed by atoms with E-state index in [1.807, 2.05) is 18.2 Å². The number of ether oxygens (including phenoxy) is 2. The minimum Gasteiger partial charge on any atom is -0.496 e. The first-order valence-corrected chi connectivity index (χ1v) is 9.21. The molecule has 0 aliphatic carbocycles. The molecular weight excluding hydrogens is 376 g/mol. The number of amides is 1. The van der Waals surface area contributed by atoms with Gasteiger partial charge in [-0.3, -0.25) is 14.9 Å². The average Bonchev–Trinajstić information content (AvgIpc) is 2.72. The zero-order valence-electron chi connectivity index (χ0n) is 16.8. The SMILES string of the molecule is CC[C@@H](C)c1ccccc1NC(=O)[C@@H](C)OC(=O)c1cc([N+](=O)[O-])ccc1OC. The van der Waals surface area contributed by atoms with E-state index in [0.717, 1.165) is 18.1 Å². The molecule has 0 unspecified atom stereocenters. The molecule has 0 aliphatic rings. The summed E-state index contributed by atoms with van der Waals surface area (Å²) in [5.41, 5.74) is 1.24. The van der Waals surface area contributed by atoms with Crippen LogP contribution < -0.4 is 10.1 Å². The number of carbonyl (C=O) groups excluding carboxylic acids is 2. The van der Waals surface area contributed by atoms with Crippen molar-refractivity contribution in [3.63, 3.8) is 0 Å². The van der Waals surface area contributed by atoms with Crippen LogP contribution in [0.2, 0.25) is 0 Å². The third-order valence-corrected chi connectivity index (χ3v) is 4.63. The van der Waals surface area contributed by atoms with Crippen molar-refractivity contribution in [2.24, 2.45) is 0 Å². The van der Waals surface area contributed by atoms with Crippen molar-refractivity contribution in [3.8, 4) is 5.75 Å². The molecule has 154 valence electrons. The summed E-state index contributed by atoms with van der Waals surface area (Å²) in [7, 11) is 1.33. The van der Waals surface area contributed by atoms with E-state index in [4.69, 9.17) is 9.47 Å². The second-order valence-electron chi connectivity index (χ2n) is 6.58. The van der Waals surface area contributed by atoms with Gasteiger partial charge in [-0.2, -0.15) is 0 Å². The fourth-order valence-corrected chi connectivity index (χ4v) is 2.74.